The van der Waals surface area contributed by atoms with Gasteiger partial charge < -0.3 is 14.2 Å². The molecule has 2 rings (SSSR count). The van der Waals surface area contributed by atoms with E-state index >= 15 is 0 Å². The van der Waals surface area contributed by atoms with Gasteiger partial charge in [-0.25, -0.2) is 5.48 Å². The van der Waals surface area contributed by atoms with E-state index in [4.69, 9.17) is 14.2 Å². The van der Waals surface area contributed by atoms with Crippen LogP contribution in [0, 0.1) is 0 Å². The average molecular weight is 387 g/mol. The normalized spacial score (nSPS) is 11.5. The molecule has 0 aromatic heterocycles. The SMILES string of the molecule is CCO[C@H](Cc1ccc(OCC(=O)c2cccc(OC)c2)cc1)C(=O)NOC. The van der Waals surface area contributed by atoms with Crippen molar-refractivity contribution in [2.24, 2.45) is 0 Å². The summed E-state index contributed by atoms with van der Waals surface area (Å²) in [4.78, 5) is 28.8. The van der Waals surface area contributed by atoms with Crippen LogP contribution in [0.3, 0.4) is 0 Å². The van der Waals surface area contributed by atoms with E-state index in [9.17, 15) is 9.59 Å². The number of ketones is 1. The summed E-state index contributed by atoms with van der Waals surface area (Å²) in [7, 11) is 2.93. The van der Waals surface area contributed by atoms with Gasteiger partial charge in [-0.2, -0.15) is 0 Å². The lowest BCUT2D eigenvalue weighted by Gasteiger charge is -2.16. The predicted octanol–water partition coefficient (Wildman–Crippen LogP) is 2.58. The first-order valence-corrected chi connectivity index (χ1v) is 8.90. The van der Waals surface area contributed by atoms with Gasteiger partial charge in [0.2, 0.25) is 0 Å². The highest BCUT2D eigenvalue weighted by Crippen LogP contribution is 2.16. The van der Waals surface area contributed by atoms with Gasteiger partial charge in [-0.1, -0.05) is 24.3 Å². The Labute approximate surface area is 164 Å². The van der Waals surface area contributed by atoms with Crippen molar-refractivity contribution in [1.29, 1.82) is 0 Å². The molecule has 28 heavy (non-hydrogen) atoms. The molecule has 150 valence electrons. The Balaban J connectivity index is 1.92. The zero-order chi connectivity index (χ0) is 20.4. The van der Waals surface area contributed by atoms with E-state index in [2.05, 4.69) is 10.3 Å². The van der Waals surface area contributed by atoms with Gasteiger partial charge in [0.25, 0.3) is 5.91 Å². The number of methoxy groups -OCH3 is 1. The van der Waals surface area contributed by atoms with Crippen molar-refractivity contribution in [3.63, 3.8) is 0 Å². The average Bonchev–Trinajstić information content (AvgIpc) is 2.72. The number of rotatable bonds is 11. The van der Waals surface area contributed by atoms with E-state index in [-0.39, 0.29) is 18.3 Å². The number of hydrogen-bond donors (Lipinski definition) is 1. The van der Waals surface area contributed by atoms with E-state index in [1.54, 1.807) is 43.5 Å². The van der Waals surface area contributed by atoms with E-state index in [0.717, 1.165) is 5.56 Å². The maximum absolute atomic E-state index is 12.3. The molecule has 0 aliphatic heterocycles. The minimum Gasteiger partial charge on any atom is -0.497 e. The Bertz CT molecular complexity index is 775. The second kappa shape index (κ2) is 11.1. The highest BCUT2D eigenvalue weighted by molar-refractivity contribution is 5.97. The van der Waals surface area contributed by atoms with Crippen LogP contribution in [0.5, 0.6) is 11.5 Å². The molecular formula is C21H25NO6. The van der Waals surface area contributed by atoms with Crippen molar-refractivity contribution in [3.05, 3.63) is 59.7 Å². The molecule has 0 radical (unpaired) electrons. The lowest BCUT2D eigenvalue weighted by molar-refractivity contribution is -0.143. The lowest BCUT2D eigenvalue weighted by atomic mass is 10.1. The van der Waals surface area contributed by atoms with Crippen LogP contribution in [0.1, 0.15) is 22.8 Å². The van der Waals surface area contributed by atoms with Crippen LogP contribution in [-0.2, 0) is 20.8 Å². The Hall–Kier alpha value is -2.90. The van der Waals surface area contributed by atoms with Gasteiger partial charge in [-0.05, 0) is 36.8 Å². The molecule has 0 heterocycles. The van der Waals surface area contributed by atoms with Gasteiger partial charge in [-0.3, -0.25) is 14.4 Å². The third kappa shape index (κ3) is 6.37. The molecule has 1 N–H and O–H groups in total. The standard InChI is InChI=1S/C21H25NO6/c1-4-27-20(21(24)22-26-3)12-15-8-10-17(11-9-15)28-14-19(23)16-6-5-7-18(13-16)25-2/h5-11,13,20H,4,12,14H2,1-3H3,(H,22,24)/t20-/m1/s1. The molecule has 0 unspecified atom stereocenters. The van der Waals surface area contributed by atoms with Crippen LogP contribution in [0.15, 0.2) is 48.5 Å². The van der Waals surface area contributed by atoms with Crippen molar-refractivity contribution in [3.8, 4) is 11.5 Å². The first-order valence-electron chi connectivity index (χ1n) is 8.90. The molecule has 7 nitrogen and oxygen atoms in total. The van der Waals surface area contributed by atoms with Crippen LogP contribution in [0.4, 0.5) is 0 Å². The molecule has 0 bridgehead atoms. The first-order chi connectivity index (χ1) is 13.6. The second-order valence-electron chi connectivity index (χ2n) is 5.91. The second-order valence-corrected chi connectivity index (χ2v) is 5.91. The monoisotopic (exact) mass is 387 g/mol. The molecule has 1 amide bonds. The largest absolute Gasteiger partial charge is 0.497 e. The Kier molecular flexibility index (Phi) is 8.45. The number of hydroxylamine groups is 1. The number of carbonyl (C=O) groups is 2. The zero-order valence-corrected chi connectivity index (χ0v) is 16.3. The molecule has 2 aromatic carbocycles. The number of carbonyl (C=O) groups excluding carboxylic acids is 2. The van der Waals surface area contributed by atoms with Gasteiger partial charge in [0.1, 0.15) is 17.6 Å². The molecule has 2 aromatic rings. The summed E-state index contributed by atoms with van der Waals surface area (Å²) >= 11 is 0. The molecule has 0 aliphatic carbocycles. The van der Waals surface area contributed by atoms with Gasteiger partial charge in [-0.15, -0.1) is 0 Å². The fourth-order valence-electron chi connectivity index (χ4n) is 2.56. The summed E-state index contributed by atoms with van der Waals surface area (Å²) < 4.78 is 16.1. The summed E-state index contributed by atoms with van der Waals surface area (Å²) in [5.41, 5.74) is 3.71. The number of hydrogen-bond acceptors (Lipinski definition) is 6. The van der Waals surface area contributed by atoms with Crippen LogP contribution in [-0.4, -0.2) is 45.2 Å². The van der Waals surface area contributed by atoms with Crippen LogP contribution >= 0.6 is 0 Å². The summed E-state index contributed by atoms with van der Waals surface area (Å²) in [5, 5.41) is 0. The van der Waals surface area contributed by atoms with Crippen molar-refractivity contribution < 1.29 is 28.6 Å². The molecule has 1 atom stereocenters. The van der Waals surface area contributed by atoms with Gasteiger partial charge >= 0.3 is 0 Å². The molecule has 0 saturated heterocycles. The summed E-state index contributed by atoms with van der Waals surface area (Å²) in [6.07, 6.45) is -0.252. The molecule has 0 spiro atoms. The third-order valence-electron chi connectivity index (χ3n) is 3.97. The van der Waals surface area contributed by atoms with Gasteiger partial charge in [0.15, 0.2) is 12.4 Å². The number of Topliss-reactive ketones (excluding diaryl/α,β-unsaturated/α-hetero) is 1. The van der Waals surface area contributed by atoms with Gasteiger partial charge in [0.05, 0.1) is 14.2 Å². The number of benzene rings is 2. The summed E-state index contributed by atoms with van der Waals surface area (Å²) in [6, 6.07) is 14.1. The highest BCUT2D eigenvalue weighted by Gasteiger charge is 2.19. The third-order valence-corrected chi connectivity index (χ3v) is 3.97. The van der Waals surface area contributed by atoms with Crippen LogP contribution < -0.4 is 15.0 Å². The fraction of sp³-hybridized carbons (Fsp3) is 0.333. The number of amides is 1. The number of nitrogens with one attached hydrogen (secondary N) is 1. The summed E-state index contributed by atoms with van der Waals surface area (Å²) in [6.45, 7) is 2.16. The Morgan fingerprint density at radius 2 is 1.79 bits per heavy atom. The molecule has 0 saturated carbocycles. The molecule has 0 aliphatic rings. The van der Waals surface area contributed by atoms with Crippen molar-refractivity contribution in [2.75, 3.05) is 27.4 Å². The van der Waals surface area contributed by atoms with E-state index in [0.29, 0.717) is 30.1 Å². The highest BCUT2D eigenvalue weighted by atomic mass is 16.6. The lowest BCUT2D eigenvalue weighted by Crippen LogP contribution is -2.37. The molecular weight excluding hydrogens is 362 g/mol. The maximum atomic E-state index is 12.3. The predicted molar refractivity (Wildman–Crippen MR) is 104 cm³/mol. The van der Waals surface area contributed by atoms with E-state index in [1.807, 2.05) is 19.1 Å². The fourth-order valence-corrected chi connectivity index (χ4v) is 2.56. The maximum Gasteiger partial charge on any atom is 0.272 e. The Morgan fingerprint density at radius 3 is 2.43 bits per heavy atom. The number of ether oxygens (including phenoxy) is 3. The summed E-state index contributed by atoms with van der Waals surface area (Å²) in [5.74, 6) is 0.704. The smallest absolute Gasteiger partial charge is 0.272 e. The first kappa shape index (κ1) is 21.4. The minimum atomic E-state index is -0.647. The molecule has 0 fully saturated rings. The van der Waals surface area contributed by atoms with Crippen molar-refractivity contribution in [2.45, 2.75) is 19.4 Å². The van der Waals surface area contributed by atoms with E-state index < -0.39 is 6.10 Å². The van der Waals surface area contributed by atoms with E-state index in [1.165, 1.54) is 7.11 Å². The molecule has 7 heteroatoms. The minimum absolute atomic E-state index is 0.0790. The Morgan fingerprint density at radius 1 is 1.04 bits per heavy atom. The quantitative estimate of drug-likeness (QED) is 0.471. The van der Waals surface area contributed by atoms with Crippen LogP contribution in [0.2, 0.25) is 0 Å². The van der Waals surface area contributed by atoms with Gasteiger partial charge in [0, 0.05) is 18.6 Å². The topological polar surface area (TPSA) is 83.1 Å². The van der Waals surface area contributed by atoms with Crippen molar-refractivity contribution >= 4 is 11.7 Å². The van der Waals surface area contributed by atoms with Crippen molar-refractivity contribution in [1.82, 2.24) is 5.48 Å². The van der Waals surface area contributed by atoms with Crippen LogP contribution in [0.25, 0.3) is 0 Å². The zero-order valence-electron chi connectivity index (χ0n) is 16.3.